The van der Waals surface area contributed by atoms with Crippen LogP contribution in [-0.2, 0) is 16.2 Å². The number of nitrogens with zero attached hydrogens (tertiary/aromatic N) is 3. The molecule has 0 aliphatic carbocycles. The molecule has 0 saturated carbocycles. The maximum absolute atomic E-state index is 13.3. The number of fused-ring (bicyclic) bond motifs is 1. The van der Waals surface area contributed by atoms with Crippen LogP contribution >= 0.6 is 0 Å². The fraction of sp³-hybridized carbons (Fsp3) is 0.300. The number of anilines is 1. The van der Waals surface area contributed by atoms with Crippen LogP contribution in [0.4, 0.5) is 19.0 Å². The van der Waals surface area contributed by atoms with Gasteiger partial charge in [0.15, 0.2) is 0 Å². The van der Waals surface area contributed by atoms with Crippen LogP contribution < -0.4 is 9.62 Å². The summed E-state index contributed by atoms with van der Waals surface area (Å²) in [6, 6.07) is 14.3. The average Bonchev–Trinajstić information content (AvgIpc) is 2.73. The molecule has 4 rings (SSSR count). The van der Waals surface area contributed by atoms with E-state index in [1.807, 2.05) is 0 Å². The molecule has 2 aromatic carbocycles. The van der Waals surface area contributed by atoms with Gasteiger partial charge < -0.3 is 4.90 Å². The number of rotatable bonds is 4. The van der Waals surface area contributed by atoms with Gasteiger partial charge in [0.05, 0.1) is 10.4 Å². The Balaban J connectivity index is 1.54. The highest BCUT2D eigenvalue weighted by atomic mass is 32.2. The molecule has 30 heavy (non-hydrogen) atoms. The van der Waals surface area contributed by atoms with E-state index in [9.17, 15) is 21.6 Å². The second-order valence-corrected chi connectivity index (χ2v) is 8.80. The van der Waals surface area contributed by atoms with Gasteiger partial charge in [0.2, 0.25) is 15.8 Å². The Morgan fingerprint density at radius 3 is 2.23 bits per heavy atom. The molecule has 0 spiro atoms. The summed E-state index contributed by atoms with van der Waals surface area (Å²) in [6.45, 7) is 0.751. The molecular formula is C20H19F3N4O2S. The molecule has 1 aromatic heterocycles. The lowest BCUT2D eigenvalue weighted by atomic mass is 10.1. The number of benzene rings is 2. The lowest BCUT2D eigenvalue weighted by Gasteiger charge is -2.33. The van der Waals surface area contributed by atoms with Crippen molar-refractivity contribution in [3.05, 3.63) is 60.4 Å². The summed E-state index contributed by atoms with van der Waals surface area (Å²) in [5, 5.41) is 0.536. The first-order chi connectivity index (χ1) is 14.2. The van der Waals surface area contributed by atoms with Crippen molar-refractivity contribution in [2.45, 2.75) is 30.0 Å². The molecule has 6 nitrogen and oxygen atoms in total. The van der Waals surface area contributed by atoms with Gasteiger partial charge in [0.1, 0.15) is 5.82 Å². The molecule has 2 heterocycles. The summed E-state index contributed by atoms with van der Waals surface area (Å²) in [4.78, 5) is 9.38. The number of piperidine rings is 1. The van der Waals surface area contributed by atoms with Gasteiger partial charge in [-0.1, -0.05) is 30.3 Å². The first-order valence-corrected chi connectivity index (χ1v) is 10.9. The summed E-state index contributed by atoms with van der Waals surface area (Å²) in [6.07, 6.45) is -3.75. The highest BCUT2D eigenvalue weighted by molar-refractivity contribution is 7.89. The first kappa shape index (κ1) is 20.5. The van der Waals surface area contributed by atoms with Crippen LogP contribution in [0.5, 0.6) is 0 Å². The van der Waals surface area contributed by atoms with E-state index in [0.717, 1.165) is 0 Å². The van der Waals surface area contributed by atoms with Crippen molar-refractivity contribution >= 4 is 26.7 Å². The van der Waals surface area contributed by atoms with Crippen LogP contribution in [-0.4, -0.2) is 37.5 Å². The number of nitrogens with one attached hydrogen (secondary N) is 1. The van der Waals surface area contributed by atoms with E-state index in [0.29, 0.717) is 31.3 Å². The van der Waals surface area contributed by atoms with Crippen LogP contribution in [0.2, 0.25) is 0 Å². The Morgan fingerprint density at radius 2 is 1.57 bits per heavy atom. The SMILES string of the molecule is O=S(=O)(NC1CCN(c2nc(C(F)(F)F)nc3ccccc23)CC1)c1ccccc1. The Labute approximate surface area is 171 Å². The van der Waals surface area contributed by atoms with Crippen molar-refractivity contribution in [2.24, 2.45) is 0 Å². The maximum atomic E-state index is 13.3. The minimum atomic E-state index is -4.65. The Kier molecular flexibility index (Phi) is 5.37. The van der Waals surface area contributed by atoms with Crippen molar-refractivity contribution in [2.75, 3.05) is 18.0 Å². The van der Waals surface area contributed by atoms with E-state index in [1.54, 1.807) is 41.3 Å². The molecule has 0 bridgehead atoms. The monoisotopic (exact) mass is 436 g/mol. The highest BCUT2D eigenvalue weighted by Gasteiger charge is 2.36. The van der Waals surface area contributed by atoms with Crippen LogP contribution in [0, 0.1) is 0 Å². The average molecular weight is 436 g/mol. The fourth-order valence-electron chi connectivity index (χ4n) is 3.52. The molecule has 1 aliphatic rings. The molecule has 0 radical (unpaired) electrons. The van der Waals surface area contributed by atoms with E-state index in [-0.39, 0.29) is 22.3 Å². The van der Waals surface area contributed by atoms with Gasteiger partial charge >= 0.3 is 6.18 Å². The summed E-state index contributed by atoms with van der Waals surface area (Å²) in [5.41, 5.74) is 0.224. The van der Waals surface area contributed by atoms with Crippen LogP contribution in [0.25, 0.3) is 10.9 Å². The van der Waals surface area contributed by atoms with Crippen molar-refractivity contribution in [1.29, 1.82) is 0 Å². The van der Waals surface area contributed by atoms with Gasteiger partial charge in [-0.3, -0.25) is 0 Å². The van der Waals surface area contributed by atoms with Gasteiger partial charge in [-0.05, 0) is 37.1 Å². The standard InChI is InChI=1S/C20H19F3N4O2S/c21-20(22,23)19-24-17-9-5-4-8-16(17)18(25-19)27-12-10-14(11-13-27)26-30(28,29)15-6-2-1-3-7-15/h1-9,14,26H,10-13H2. The van der Waals surface area contributed by atoms with E-state index in [1.165, 1.54) is 18.2 Å². The minimum absolute atomic E-state index is 0.184. The zero-order valence-corrected chi connectivity index (χ0v) is 16.6. The number of alkyl halides is 3. The van der Waals surface area contributed by atoms with E-state index < -0.39 is 22.0 Å². The lowest BCUT2D eigenvalue weighted by Crippen LogP contribution is -2.45. The fourth-order valence-corrected chi connectivity index (χ4v) is 4.85. The molecule has 158 valence electrons. The summed E-state index contributed by atoms with van der Waals surface area (Å²) >= 11 is 0. The minimum Gasteiger partial charge on any atom is -0.356 e. The molecule has 10 heteroatoms. The third-order valence-corrected chi connectivity index (χ3v) is 6.54. The van der Waals surface area contributed by atoms with Crippen LogP contribution in [0.3, 0.4) is 0 Å². The molecule has 1 fully saturated rings. The van der Waals surface area contributed by atoms with Crippen molar-refractivity contribution in [1.82, 2.24) is 14.7 Å². The van der Waals surface area contributed by atoms with Gasteiger partial charge in [-0.2, -0.15) is 13.2 Å². The number of hydrogen-bond acceptors (Lipinski definition) is 5. The number of sulfonamides is 1. The van der Waals surface area contributed by atoms with Gasteiger partial charge in [0, 0.05) is 24.5 Å². The zero-order chi connectivity index (χ0) is 21.4. The number of para-hydroxylation sites is 1. The topological polar surface area (TPSA) is 75.2 Å². The quantitative estimate of drug-likeness (QED) is 0.677. The van der Waals surface area contributed by atoms with Gasteiger partial charge in [-0.25, -0.2) is 23.1 Å². The lowest BCUT2D eigenvalue weighted by molar-refractivity contribution is -0.144. The van der Waals surface area contributed by atoms with Crippen molar-refractivity contribution < 1.29 is 21.6 Å². The Bertz CT molecular complexity index is 1150. The van der Waals surface area contributed by atoms with E-state index >= 15 is 0 Å². The van der Waals surface area contributed by atoms with Gasteiger partial charge in [-0.15, -0.1) is 0 Å². The largest absolute Gasteiger partial charge is 0.451 e. The van der Waals surface area contributed by atoms with Crippen LogP contribution in [0.15, 0.2) is 59.5 Å². The Morgan fingerprint density at radius 1 is 0.933 bits per heavy atom. The Hall–Kier alpha value is -2.72. The first-order valence-electron chi connectivity index (χ1n) is 9.40. The van der Waals surface area contributed by atoms with Crippen molar-refractivity contribution in [3.63, 3.8) is 0 Å². The third-order valence-electron chi connectivity index (χ3n) is 5.01. The molecule has 0 amide bonds. The number of aromatic nitrogens is 2. The predicted molar refractivity (Wildman–Crippen MR) is 107 cm³/mol. The number of hydrogen-bond donors (Lipinski definition) is 1. The summed E-state index contributed by atoms with van der Waals surface area (Å²) < 4.78 is 67.5. The smallest absolute Gasteiger partial charge is 0.356 e. The van der Waals surface area contributed by atoms with E-state index in [4.69, 9.17) is 0 Å². The zero-order valence-electron chi connectivity index (χ0n) is 15.8. The molecular weight excluding hydrogens is 417 g/mol. The maximum Gasteiger partial charge on any atom is 0.451 e. The predicted octanol–water partition coefficient (Wildman–Crippen LogP) is 3.60. The molecule has 1 N–H and O–H groups in total. The number of halogens is 3. The molecule has 3 aromatic rings. The van der Waals surface area contributed by atoms with Gasteiger partial charge in [0.25, 0.3) is 0 Å². The summed E-state index contributed by atoms with van der Waals surface area (Å²) in [7, 11) is -3.65. The van der Waals surface area contributed by atoms with E-state index in [2.05, 4.69) is 14.7 Å². The molecule has 0 atom stereocenters. The summed E-state index contributed by atoms with van der Waals surface area (Å²) in [5.74, 6) is -0.958. The normalized spacial score (nSPS) is 16.2. The van der Waals surface area contributed by atoms with Crippen molar-refractivity contribution in [3.8, 4) is 0 Å². The highest BCUT2D eigenvalue weighted by Crippen LogP contribution is 2.32. The third kappa shape index (κ3) is 4.24. The second kappa shape index (κ2) is 7.84. The second-order valence-electron chi connectivity index (χ2n) is 7.08. The molecule has 1 aliphatic heterocycles. The van der Waals surface area contributed by atoms with Crippen LogP contribution in [0.1, 0.15) is 18.7 Å². The molecule has 1 saturated heterocycles. The molecule has 0 unspecified atom stereocenters.